The van der Waals surface area contributed by atoms with Crippen LogP contribution in [-0.2, 0) is 5.31 Å². The summed E-state index contributed by atoms with van der Waals surface area (Å²) in [6, 6.07) is 23.8. The second kappa shape index (κ2) is 6.73. The first-order chi connectivity index (χ1) is 14.7. The van der Waals surface area contributed by atoms with Crippen molar-refractivity contribution in [1.82, 2.24) is 4.98 Å². The molecule has 6 rings (SSSR count). The normalized spacial score (nSPS) is 16.4. The first-order valence-corrected chi connectivity index (χ1v) is 11.0. The Morgan fingerprint density at radius 1 is 0.800 bits per heavy atom. The highest BCUT2D eigenvalue weighted by Crippen LogP contribution is 2.39. The number of nitrogens with zero attached hydrogens (tertiary/aromatic N) is 1. The SMILES string of the molecule is BC1(c2ccnc(-c3ccc4c(c3)oc3ccc5ccccc5c34)c2)CCCCC1. The molecule has 0 aliphatic heterocycles. The molecule has 1 fully saturated rings. The van der Waals surface area contributed by atoms with Crippen LogP contribution in [0.15, 0.2) is 77.3 Å². The number of rotatable bonds is 2. The molecule has 1 aliphatic rings. The van der Waals surface area contributed by atoms with Gasteiger partial charge in [-0.3, -0.25) is 4.98 Å². The minimum Gasteiger partial charge on any atom is -0.456 e. The third-order valence-corrected chi connectivity index (χ3v) is 7.07. The van der Waals surface area contributed by atoms with E-state index in [1.165, 1.54) is 59.2 Å². The Hall–Kier alpha value is -3.07. The van der Waals surface area contributed by atoms with Gasteiger partial charge < -0.3 is 4.42 Å². The topological polar surface area (TPSA) is 26.0 Å². The van der Waals surface area contributed by atoms with Gasteiger partial charge in [-0.15, -0.1) is 0 Å². The van der Waals surface area contributed by atoms with Crippen molar-refractivity contribution in [2.24, 2.45) is 0 Å². The molecule has 0 saturated heterocycles. The Balaban J connectivity index is 1.48. The summed E-state index contributed by atoms with van der Waals surface area (Å²) in [6.45, 7) is 0. The zero-order chi connectivity index (χ0) is 20.1. The third-order valence-electron chi connectivity index (χ3n) is 7.07. The Morgan fingerprint density at radius 3 is 2.57 bits per heavy atom. The summed E-state index contributed by atoms with van der Waals surface area (Å²) in [7, 11) is 2.42. The largest absolute Gasteiger partial charge is 0.456 e. The summed E-state index contributed by atoms with van der Waals surface area (Å²) < 4.78 is 6.26. The number of fused-ring (bicyclic) bond motifs is 5. The van der Waals surface area contributed by atoms with Gasteiger partial charge in [-0.25, -0.2) is 0 Å². The van der Waals surface area contributed by atoms with Gasteiger partial charge in [-0.1, -0.05) is 68.5 Å². The van der Waals surface area contributed by atoms with Crippen LogP contribution in [0.1, 0.15) is 37.7 Å². The van der Waals surface area contributed by atoms with E-state index in [9.17, 15) is 0 Å². The van der Waals surface area contributed by atoms with Gasteiger partial charge in [0.2, 0.25) is 0 Å². The quantitative estimate of drug-likeness (QED) is 0.318. The molecule has 2 heterocycles. The molecule has 2 nitrogen and oxygen atoms in total. The van der Waals surface area contributed by atoms with Gasteiger partial charge in [-0.2, -0.15) is 0 Å². The smallest absolute Gasteiger partial charge is 0.136 e. The summed E-state index contributed by atoms with van der Waals surface area (Å²) in [6.07, 6.45) is 8.53. The van der Waals surface area contributed by atoms with E-state index in [1.807, 2.05) is 6.20 Å². The van der Waals surface area contributed by atoms with Crippen molar-refractivity contribution in [3.8, 4) is 11.3 Å². The van der Waals surface area contributed by atoms with E-state index in [-0.39, 0.29) is 5.31 Å². The van der Waals surface area contributed by atoms with Gasteiger partial charge in [0, 0.05) is 22.5 Å². The molecule has 0 unspecified atom stereocenters. The maximum absolute atomic E-state index is 6.26. The standard InChI is InChI=1S/C27H24BNO/c28-27(13-4-1-5-14-27)20-12-15-29-23(17-20)19-8-10-22-25(16-19)30-24-11-9-18-6-2-3-7-21(18)26(22)24/h2-3,6-12,15-17H,1,4-5,13-14,28H2. The molecule has 2 aromatic heterocycles. The van der Waals surface area contributed by atoms with Crippen molar-refractivity contribution < 1.29 is 4.42 Å². The highest BCUT2D eigenvalue weighted by molar-refractivity contribution is 6.19. The Kier molecular flexibility index (Phi) is 3.99. The first kappa shape index (κ1) is 17.8. The van der Waals surface area contributed by atoms with E-state index in [4.69, 9.17) is 9.40 Å². The van der Waals surface area contributed by atoms with E-state index >= 15 is 0 Å². The average Bonchev–Trinajstić information content (AvgIpc) is 3.18. The molecule has 0 radical (unpaired) electrons. The molecule has 0 atom stereocenters. The summed E-state index contributed by atoms with van der Waals surface area (Å²) >= 11 is 0. The average molecular weight is 389 g/mol. The Bertz CT molecular complexity index is 1390. The predicted octanol–water partition coefficient (Wildman–Crippen LogP) is 6.59. The van der Waals surface area contributed by atoms with Gasteiger partial charge in [0.25, 0.3) is 0 Å². The van der Waals surface area contributed by atoms with Gasteiger partial charge in [-0.05, 0) is 52.0 Å². The van der Waals surface area contributed by atoms with E-state index in [0.717, 1.165) is 22.4 Å². The lowest BCUT2D eigenvalue weighted by Gasteiger charge is -2.34. The first-order valence-electron chi connectivity index (χ1n) is 11.0. The number of furan rings is 1. The van der Waals surface area contributed by atoms with Crippen LogP contribution in [0.5, 0.6) is 0 Å². The number of hydrogen-bond donors (Lipinski definition) is 0. The molecule has 0 bridgehead atoms. The molecular weight excluding hydrogens is 365 g/mol. The maximum atomic E-state index is 6.26. The summed E-state index contributed by atoms with van der Waals surface area (Å²) in [5, 5.41) is 5.13. The molecule has 0 amide bonds. The van der Waals surface area contributed by atoms with Crippen molar-refractivity contribution in [3.05, 3.63) is 78.5 Å². The minimum atomic E-state index is 0.276. The predicted molar refractivity (Wildman–Crippen MR) is 128 cm³/mol. The molecule has 0 N–H and O–H groups in total. The van der Waals surface area contributed by atoms with Crippen LogP contribution >= 0.6 is 0 Å². The molecule has 1 aliphatic carbocycles. The molecule has 30 heavy (non-hydrogen) atoms. The lowest BCUT2D eigenvalue weighted by Crippen LogP contribution is -2.29. The van der Waals surface area contributed by atoms with Crippen molar-refractivity contribution in [3.63, 3.8) is 0 Å². The molecule has 0 spiro atoms. The van der Waals surface area contributed by atoms with Gasteiger partial charge in [0.15, 0.2) is 0 Å². The monoisotopic (exact) mass is 389 g/mol. The third kappa shape index (κ3) is 2.76. The molecule has 1 saturated carbocycles. The van der Waals surface area contributed by atoms with E-state index in [0.29, 0.717) is 0 Å². The van der Waals surface area contributed by atoms with Crippen molar-refractivity contribution >= 4 is 40.6 Å². The molecule has 146 valence electrons. The highest BCUT2D eigenvalue weighted by atomic mass is 16.3. The molecule has 3 heteroatoms. The van der Waals surface area contributed by atoms with Crippen LogP contribution in [0.4, 0.5) is 0 Å². The van der Waals surface area contributed by atoms with E-state index in [1.54, 1.807) is 0 Å². The van der Waals surface area contributed by atoms with Crippen LogP contribution in [0.25, 0.3) is 44.0 Å². The Morgan fingerprint density at radius 2 is 1.67 bits per heavy atom. The van der Waals surface area contributed by atoms with Crippen molar-refractivity contribution in [2.45, 2.75) is 37.4 Å². The zero-order valence-electron chi connectivity index (χ0n) is 17.3. The number of hydrogen-bond acceptors (Lipinski definition) is 2. The van der Waals surface area contributed by atoms with Crippen LogP contribution < -0.4 is 0 Å². The van der Waals surface area contributed by atoms with Crippen molar-refractivity contribution in [1.29, 1.82) is 0 Å². The fraction of sp³-hybridized carbons (Fsp3) is 0.222. The van der Waals surface area contributed by atoms with Gasteiger partial charge in [0.05, 0.1) is 5.69 Å². The van der Waals surface area contributed by atoms with Crippen LogP contribution in [0.3, 0.4) is 0 Å². The lowest BCUT2D eigenvalue weighted by molar-refractivity contribution is 0.398. The molecular formula is C27H24BNO. The maximum Gasteiger partial charge on any atom is 0.136 e. The van der Waals surface area contributed by atoms with E-state index < -0.39 is 0 Å². The number of benzene rings is 3. The van der Waals surface area contributed by atoms with E-state index in [2.05, 4.69) is 74.6 Å². The van der Waals surface area contributed by atoms with Crippen LogP contribution in [0.2, 0.25) is 0 Å². The van der Waals surface area contributed by atoms with Gasteiger partial charge in [0.1, 0.15) is 19.0 Å². The van der Waals surface area contributed by atoms with Crippen LogP contribution in [-0.4, -0.2) is 12.8 Å². The summed E-state index contributed by atoms with van der Waals surface area (Å²) in [5.41, 5.74) is 5.44. The number of aromatic nitrogens is 1. The summed E-state index contributed by atoms with van der Waals surface area (Å²) in [5.74, 6) is 0. The Labute approximate surface area is 177 Å². The van der Waals surface area contributed by atoms with Gasteiger partial charge >= 0.3 is 0 Å². The molecule has 5 aromatic rings. The van der Waals surface area contributed by atoms with Crippen molar-refractivity contribution in [2.75, 3.05) is 0 Å². The fourth-order valence-electron chi connectivity index (χ4n) is 5.29. The fourth-order valence-corrected chi connectivity index (χ4v) is 5.29. The minimum absolute atomic E-state index is 0.276. The lowest BCUT2D eigenvalue weighted by atomic mass is 9.57. The summed E-state index contributed by atoms with van der Waals surface area (Å²) in [4.78, 5) is 4.70. The zero-order valence-corrected chi connectivity index (χ0v) is 17.3. The number of pyridine rings is 1. The second-order valence-corrected chi connectivity index (χ2v) is 9.02. The van der Waals surface area contributed by atoms with Crippen LogP contribution in [0, 0.1) is 0 Å². The second-order valence-electron chi connectivity index (χ2n) is 9.02. The highest BCUT2D eigenvalue weighted by Gasteiger charge is 2.29. The molecule has 3 aromatic carbocycles.